The number of benzene rings is 1. The topological polar surface area (TPSA) is 102 Å². The van der Waals surface area contributed by atoms with Crippen molar-refractivity contribution in [3.05, 3.63) is 35.4 Å². The van der Waals surface area contributed by atoms with Crippen LogP contribution in [0.25, 0.3) is 0 Å². The predicted molar refractivity (Wildman–Crippen MR) is 68.1 cm³/mol. The largest absolute Gasteiger partial charge is 0.478 e. The van der Waals surface area contributed by atoms with Crippen molar-refractivity contribution in [1.29, 1.82) is 0 Å². The average molecular weight is 294 g/mol. The van der Waals surface area contributed by atoms with Gasteiger partial charge in [-0.3, -0.25) is 0 Å². The van der Waals surface area contributed by atoms with Crippen molar-refractivity contribution in [3.8, 4) is 0 Å². The summed E-state index contributed by atoms with van der Waals surface area (Å²) in [5.74, 6) is -1.64. The zero-order valence-electron chi connectivity index (χ0n) is 11.0. The van der Waals surface area contributed by atoms with Crippen LogP contribution in [0.2, 0.25) is 0 Å². The number of hydrogen-bond donors (Lipinski definition) is 2. The molecule has 0 spiro atoms. The Kier molecular flexibility index (Phi) is 3.62. The third-order valence-electron chi connectivity index (χ3n) is 3.61. The molecule has 21 heavy (non-hydrogen) atoms. The second kappa shape index (κ2) is 5.44. The Balaban J connectivity index is 1.65. The van der Waals surface area contributed by atoms with E-state index in [-0.39, 0.29) is 24.3 Å². The van der Waals surface area contributed by atoms with Gasteiger partial charge in [-0.05, 0) is 24.3 Å². The van der Waals surface area contributed by atoms with Crippen LogP contribution < -0.4 is 0 Å². The van der Waals surface area contributed by atoms with Crippen molar-refractivity contribution in [2.45, 2.75) is 24.4 Å². The molecule has 1 aromatic rings. The summed E-state index contributed by atoms with van der Waals surface area (Å²) in [7, 11) is 0. The number of rotatable bonds is 3. The smallest absolute Gasteiger partial charge is 0.338 e. The van der Waals surface area contributed by atoms with Crippen LogP contribution >= 0.6 is 0 Å². The Morgan fingerprint density at radius 1 is 1.05 bits per heavy atom. The van der Waals surface area contributed by atoms with Crippen molar-refractivity contribution >= 4 is 11.9 Å². The summed E-state index contributed by atoms with van der Waals surface area (Å²) in [4.78, 5) is 22.8. The molecule has 7 nitrogen and oxygen atoms in total. The second-order valence-corrected chi connectivity index (χ2v) is 4.99. The molecule has 2 heterocycles. The van der Waals surface area contributed by atoms with E-state index in [1.54, 1.807) is 0 Å². The number of carboxylic acid groups (broad SMARTS) is 1. The number of carbonyl (C=O) groups excluding carboxylic acids is 1. The molecule has 2 aliphatic rings. The van der Waals surface area contributed by atoms with Gasteiger partial charge in [0.15, 0.2) is 6.10 Å². The number of hydrogen-bond acceptors (Lipinski definition) is 6. The van der Waals surface area contributed by atoms with Crippen LogP contribution in [-0.4, -0.2) is 59.8 Å². The summed E-state index contributed by atoms with van der Waals surface area (Å²) in [6.45, 7) is 0.335. The summed E-state index contributed by atoms with van der Waals surface area (Å²) in [5.41, 5.74) is 0.347. The van der Waals surface area contributed by atoms with Crippen LogP contribution in [0.15, 0.2) is 24.3 Å². The minimum atomic E-state index is -1.06. The molecule has 1 aromatic carbocycles. The fourth-order valence-corrected chi connectivity index (χ4v) is 2.50. The fourth-order valence-electron chi connectivity index (χ4n) is 2.50. The minimum absolute atomic E-state index is 0.0954. The molecule has 0 aliphatic carbocycles. The van der Waals surface area contributed by atoms with Crippen molar-refractivity contribution in [2.24, 2.45) is 0 Å². The zero-order valence-corrected chi connectivity index (χ0v) is 11.0. The average Bonchev–Trinajstić information content (AvgIpc) is 3.03. The molecule has 7 heteroatoms. The molecule has 0 unspecified atom stereocenters. The number of carbonyl (C=O) groups is 2. The Labute approximate surface area is 120 Å². The van der Waals surface area contributed by atoms with E-state index in [0.717, 1.165) is 0 Å². The highest BCUT2D eigenvalue weighted by Gasteiger charge is 2.48. The SMILES string of the molecule is O=C(O)c1ccc(C(=O)O[C@H]2CO[C@H]3[C@@H]2OC[C@H]3O)cc1. The van der Waals surface area contributed by atoms with Crippen LogP contribution in [0.4, 0.5) is 0 Å². The van der Waals surface area contributed by atoms with E-state index in [2.05, 4.69) is 0 Å². The molecular weight excluding hydrogens is 280 g/mol. The van der Waals surface area contributed by atoms with Gasteiger partial charge in [-0.1, -0.05) is 0 Å². The molecule has 4 atom stereocenters. The van der Waals surface area contributed by atoms with Gasteiger partial charge in [-0.25, -0.2) is 9.59 Å². The molecule has 112 valence electrons. The summed E-state index contributed by atoms with van der Waals surface area (Å²) in [5, 5.41) is 18.4. The maximum Gasteiger partial charge on any atom is 0.338 e. The standard InChI is InChI=1S/C14H14O7/c15-9-5-19-12-10(6-20-11(9)12)21-14(18)8-3-1-7(2-4-8)13(16)17/h1-4,9-12,15H,5-6H2,(H,16,17)/t9-,10+,11-,12-/m1/s1. The lowest BCUT2D eigenvalue weighted by Gasteiger charge is -2.16. The van der Waals surface area contributed by atoms with Gasteiger partial charge in [0.05, 0.1) is 24.3 Å². The molecule has 3 rings (SSSR count). The third kappa shape index (κ3) is 2.63. The van der Waals surface area contributed by atoms with E-state index in [4.69, 9.17) is 19.3 Å². The Bertz CT molecular complexity index is 553. The van der Waals surface area contributed by atoms with Crippen LogP contribution in [0.1, 0.15) is 20.7 Å². The molecule has 0 saturated carbocycles. The Morgan fingerprint density at radius 2 is 1.67 bits per heavy atom. The predicted octanol–water partition coefficient (Wildman–Crippen LogP) is 0.0687. The molecule has 0 amide bonds. The highest BCUT2D eigenvalue weighted by molar-refractivity contribution is 5.92. The number of aromatic carboxylic acids is 1. The number of carboxylic acids is 1. The van der Waals surface area contributed by atoms with Gasteiger partial charge in [0.25, 0.3) is 0 Å². The molecule has 2 N–H and O–H groups in total. The highest BCUT2D eigenvalue weighted by Crippen LogP contribution is 2.29. The van der Waals surface area contributed by atoms with Gasteiger partial charge in [0.2, 0.25) is 0 Å². The van der Waals surface area contributed by atoms with Gasteiger partial charge < -0.3 is 24.4 Å². The lowest BCUT2D eigenvalue weighted by molar-refractivity contribution is -0.0209. The quantitative estimate of drug-likeness (QED) is 0.760. The molecule has 0 radical (unpaired) electrons. The van der Waals surface area contributed by atoms with Crippen LogP contribution in [0.3, 0.4) is 0 Å². The van der Waals surface area contributed by atoms with E-state index in [1.807, 2.05) is 0 Å². The molecule has 2 fully saturated rings. The second-order valence-electron chi connectivity index (χ2n) is 4.99. The molecule has 2 aliphatic heterocycles. The normalized spacial score (nSPS) is 30.9. The first-order valence-electron chi connectivity index (χ1n) is 6.52. The zero-order chi connectivity index (χ0) is 15.0. The van der Waals surface area contributed by atoms with E-state index >= 15 is 0 Å². The monoisotopic (exact) mass is 294 g/mol. The molecule has 2 saturated heterocycles. The van der Waals surface area contributed by atoms with Gasteiger partial charge in [-0.15, -0.1) is 0 Å². The minimum Gasteiger partial charge on any atom is -0.478 e. The summed E-state index contributed by atoms with van der Waals surface area (Å²) in [6.07, 6.45) is -2.19. The number of fused-ring (bicyclic) bond motifs is 1. The molecule has 0 aromatic heterocycles. The van der Waals surface area contributed by atoms with Crippen LogP contribution in [-0.2, 0) is 14.2 Å². The Hall–Kier alpha value is -1.96. The van der Waals surface area contributed by atoms with Gasteiger partial charge in [-0.2, -0.15) is 0 Å². The maximum atomic E-state index is 12.0. The van der Waals surface area contributed by atoms with E-state index in [0.29, 0.717) is 0 Å². The maximum absolute atomic E-state index is 12.0. The van der Waals surface area contributed by atoms with Gasteiger partial charge >= 0.3 is 11.9 Å². The fraction of sp³-hybridized carbons (Fsp3) is 0.429. The van der Waals surface area contributed by atoms with Crippen molar-refractivity contribution in [1.82, 2.24) is 0 Å². The number of esters is 1. The first kappa shape index (κ1) is 14.0. The summed E-state index contributed by atoms with van der Waals surface area (Å²) in [6, 6.07) is 5.46. The summed E-state index contributed by atoms with van der Waals surface area (Å²) < 4.78 is 16.0. The highest BCUT2D eigenvalue weighted by atomic mass is 16.6. The third-order valence-corrected chi connectivity index (χ3v) is 3.61. The van der Waals surface area contributed by atoms with E-state index in [1.165, 1.54) is 24.3 Å². The van der Waals surface area contributed by atoms with Crippen molar-refractivity contribution < 1.29 is 34.0 Å². The van der Waals surface area contributed by atoms with Crippen LogP contribution in [0.5, 0.6) is 0 Å². The number of aliphatic hydroxyl groups is 1. The first-order chi connectivity index (χ1) is 10.1. The molecular formula is C14H14O7. The van der Waals surface area contributed by atoms with E-state index in [9.17, 15) is 14.7 Å². The lowest BCUT2D eigenvalue weighted by atomic mass is 10.1. The Morgan fingerprint density at radius 3 is 2.33 bits per heavy atom. The number of aliphatic hydroxyl groups excluding tert-OH is 1. The van der Waals surface area contributed by atoms with Gasteiger partial charge in [0, 0.05) is 0 Å². The first-order valence-corrected chi connectivity index (χ1v) is 6.52. The van der Waals surface area contributed by atoms with E-state index < -0.39 is 36.4 Å². The van der Waals surface area contributed by atoms with Crippen LogP contribution in [0, 0.1) is 0 Å². The van der Waals surface area contributed by atoms with Crippen molar-refractivity contribution in [3.63, 3.8) is 0 Å². The van der Waals surface area contributed by atoms with Gasteiger partial charge in [0.1, 0.15) is 18.3 Å². The summed E-state index contributed by atoms with van der Waals surface area (Å²) >= 11 is 0. The molecule has 0 bridgehead atoms. The van der Waals surface area contributed by atoms with Crippen molar-refractivity contribution in [2.75, 3.05) is 13.2 Å². The lowest BCUT2D eigenvalue weighted by Crippen LogP contribution is -2.34. The number of ether oxygens (including phenoxy) is 3.